The second-order valence-corrected chi connectivity index (χ2v) is 10.5. The number of likely N-dealkylation sites (tertiary alicyclic amines) is 1. The van der Waals surface area contributed by atoms with E-state index in [0.717, 1.165) is 31.1 Å². The van der Waals surface area contributed by atoms with Gasteiger partial charge in [0.1, 0.15) is 11.9 Å². The van der Waals surface area contributed by atoms with E-state index in [2.05, 4.69) is 62.9 Å². The lowest BCUT2D eigenvalue weighted by molar-refractivity contribution is -0.0363. The van der Waals surface area contributed by atoms with Gasteiger partial charge in [-0.15, -0.1) is 0 Å². The maximum absolute atomic E-state index is 10.6. The van der Waals surface area contributed by atoms with Crippen molar-refractivity contribution in [3.8, 4) is 5.75 Å². The summed E-state index contributed by atoms with van der Waals surface area (Å²) in [6.07, 6.45) is 3.71. The Labute approximate surface area is 185 Å². The Morgan fingerprint density at radius 3 is 2.42 bits per heavy atom. The van der Waals surface area contributed by atoms with Crippen LogP contribution >= 0.6 is 0 Å². The van der Waals surface area contributed by atoms with Gasteiger partial charge in [0, 0.05) is 19.6 Å². The molecule has 0 amide bonds. The summed E-state index contributed by atoms with van der Waals surface area (Å²) in [5.74, 6) is 1.77. The molecule has 0 spiro atoms. The summed E-state index contributed by atoms with van der Waals surface area (Å²) in [5, 5.41) is 11.1. The molecule has 4 rings (SSSR count). The summed E-state index contributed by atoms with van der Waals surface area (Å²) in [4.78, 5) is 12.8. The Kier molecular flexibility index (Phi) is 6.16. The molecule has 1 heterocycles. The molecule has 1 aliphatic heterocycles. The Morgan fingerprint density at radius 1 is 1.06 bits per heavy atom. The minimum atomic E-state index is -1.19. The molecule has 0 unspecified atom stereocenters. The molecule has 2 aliphatic rings. The lowest BCUT2D eigenvalue weighted by Crippen LogP contribution is -2.52. The van der Waals surface area contributed by atoms with E-state index in [9.17, 15) is 4.79 Å². The van der Waals surface area contributed by atoms with E-state index in [-0.39, 0.29) is 6.10 Å². The molecule has 0 atom stereocenters. The molecule has 168 valence electrons. The van der Waals surface area contributed by atoms with Crippen molar-refractivity contribution in [1.29, 1.82) is 0 Å². The van der Waals surface area contributed by atoms with Crippen LogP contribution in [0.25, 0.3) is 10.8 Å². The Bertz CT molecular complexity index is 934. The zero-order valence-corrected chi connectivity index (χ0v) is 19.2. The zero-order valence-electron chi connectivity index (χ0n) is 19.2. The predicted molar refractivity (Wildman–Crippen MR) is 123 cm³/mol. The van der Waals surface area contributed by atoms with Gasteiger partial charge in [0.15, 0.2) is 0 Å². The molecule has 5 heteroatoms. The van der Waals surface area contributed by atoms with Gasteiger partial charge in [-0.3, -0.25) is 4.90 Å². The van der Waals surface area contributed by atoms with Crippen molar-refractivity contribution in [2.45, 2.75) is 72.1 Å². The highest BCUT2D eigenvalue weighted by Crippen LogP contribution is 2.39. The highest BCUT2D eigenvalue weighted by molar-refractivity contribution is 5.87. The molecule has 31 heavy (non-hydrogen) atoms. The summed E-state index contributed by atoms with van der Waals surface area (Å²) in [7, 11) is 0. The quantitative estimate of drug-likeness (QED) is 0.595. The smallest absolute Gasteiger partial charge is 0.490 e. The van der Waals surface area contributed by atoms with E-state index < -0.39 is 6.16 Å². The van der Waals surface area contributed by atoms with Crippen molar-refractivity contribution in [1.82, 2.24) is 4.90 Å². The molecule has 1 aliphatic carbocycles. The number of nitrogens with zero attached hydrogens (tertiary/aromatic N) is 1. The van der Waals surface area contributed by atoms with E-state index in [1.807, 2.05) is 0 Å². The molecule has 1 saturated carbocycles. The van der Waals surface area contributed by atoms with Crippen LogP contribution in [-0.4, -0.2) is 41.5 Å². The van der Waals surface area contributed by atoms with Crippen LogP contribution in [0.5, 0.6) is 5.75 Å². The molecular formula is C26H35NO4. The zero-order chi connectivity index (χ0) is 22.2. The van der Waals surface area contributed by atoms with E-state index >= 15 is 0 Å². The van der Waals surface area contributed by atoms with Gasteiger partial charge in [-0.05, 0) is 84.0 Å². The lowest BCUT2D eigenvalue weighted by atomic mass is 9.72. The fourth-order valence-corrected chi connectivity index (χ4v) is 5.09. The van der Waals surface area contributed by atoms with Gasteiger partial charge >= 0.3 is 6.16 Å². The van der Waals surface area contributed by atoms with Crippen LogP contribution < -0.4 is 4.74 Å². The number of rotatable bonds is 5. The molecule has 1 saturated heterocycles. The van der Waals surface area contributed by atoms with Gasteiger partial charge in [-0.1, -0.05) is 32.9 Å². The Hall–Kier alpha value is -2.27. The van der Waals surface area contributed by atoms with Crippen LogP contribution in [0, 0.1) is 18.3 Å². The third kappa shape index (κ3) is 5.32. The SMILES string of the molecule is Cc1cc(OC2CCC(C(C)(C)C)CC2)cc2ccc(CN3CC(OC(=O)O)C3)cc12. The molecule has 0 bridgehead atoms. The minimum Gasteiger partial charge on any atom is -0.490 e. The van der Waals surface area contributed by atoms with Gasteiger partial charge in [0.2, 0.25) is 0 Å². The average Bonchev–Trinajstić information content (AvgIpc) is 2.66. The highest BCUT2D eigenvalue weighted by Gasteiger charge is 2.31. The summed E-state index contributed by atoms with van der Waals surface area (Å²) < 4.78 is 11.2. The van der Waals surface area contributed by atoms with Crippen molar-refractivity contribution in [3.05, 3.63) is 41.5 Å². The van der Waals surface area contributed by atoms with Crippen molar-refractivity contribution >= 4 is 16.9 Å². The first kappa shape index (κ1) is 21.9. The van der Waals surface area contributed by atoms with E-state index in [0.29, 0.717) is 24.6 Å². The van der Waals surface area contributed by atoms with Gasteiger partial charge in [-0.25, -0.2) is 4.79 Å². The van der Waals surface area contributed by atoms with E-state index in [1.165, 1.54) is 34.7 Å². The number of carbonyl (C=O) groups is 1. The molecule has 0 radical (unpaired) electrons. The third-order valence-electron chi connectivity index (χ3n) is 7.00. The first-order valence-corrected chi connectivity index (χ1v) is 11.5. The van der Waals surface area contributed by atoms with Crippen LogP contribution in [0.1, 0.15) is 57.6 Å². The lowest BCUT2D eigenvalue weighted by Gasteiger charge is -2.37. The van der Waals surface area contributed by atoms with Crippen LogP contribution in [0.15, 0.2) is 30.3 Å². The van der Waals surface area contributed by atoms with Crippen molar-refractivity contribution in [3.63, 3.8) is 0 Å². The normalized spacial score (nSPS) is 22.8. The molecule has 2 aromatic rings. The third-order valence-corrected chi connectivity index (χ3v) is 7.00. The number of hydrogen-bond acceptors (Lipinski definition) is 4. The van der Waals surface area contributed by atoms with Crippen LogP contribution in [0.4, 0.5) is 4.79 Å². The van der Waals surface area contributed by atoms with Gasteiger partial charge in [0.25, 0.3) is 0 Å². The first-order valence-electron chi connectivity index (χ1n) is 11.5. The number of aryl methyl sites for hydroxylation is 1. The largest absolute Gasteiger partial charge is 0.506 e. The van der Waals surface area contributed by atoms with Gasteiger partial charge in [-0.2, -0.15) is 0 Å². The van der Waals surface area contributed by atoms with Crippen molar-refractivity contribution in [2.24, 2.45) is 11.3 Å². The fourth-order valence-electron chi connectivity index (χ4n) is 5.09. The fraction of sp³-hybridized carbons (Fsp3) is 0.577. The van der Waals surface area contributed by atoms with Crippen LogP contribution in [0.2, 0.25) is 0 Å². The maximum atomic E-state index is 10.6. The van der Waals surface area contributed by atoms with Crippen LogP contribution in [-0.2, 0) is 11.3 Å². The summed E-state index contributed by atoms with van der Waals surface area (Å²) in [6.45, 7) is 11.3. The summed E-state index contributed by atoms with van der Waals surface area (Å²) in [5.41, 5.74) is 2.86. The van der Waals surface area contributed by atoms with Gasteiger partial charge in [0.05, 0.1) is 6.10 Å². The van der Waals surface area contributed by atoms with Crippen LogP contribution in [0.3, 0.4) is 0 Å². The number of hydrogen-bond donors (Lipinski definition) is 1. The van der Waals surface area contributed by atoms with Crippen molar-refractivity contribution < 1.29 is 19.4 Å². The van der Waals surface area contributed by atoms with E-state index in [1.54, 1.807) is 0 Å². The number of ether oxygens (including phenoxy) is 2. The van der Waals surface area contributed by atoms with Crippen molar-refractivity contribution in [2.75, 3.05) is 13.1 Å². The Morgan fingerprint density at radius 2 is 1.77 bits per heavy atom. The minimum absolute atomic E-state index is 0.196. The van der Waals surface area contributed by atoms with Gasteiger partial charge < -0.3 is 14.6 Å². The molecule has 1 N–H and O–H groups in total. The number of fused-ring (bicyclic) bond motifs is 1. The number of carboxylic acid groups (broad SMARTS) is 1. The molecule has 5 nitrogen and oxygen atoms in total. The molecule has 2 aromatic carbocycles. The highest BCUT2D eigenvalue weighted by atomic mass is 16.7. The average molecular weight is 426 g/mol. The predicted octanol–water partition coefficient (Wildman–Crippen LogP) is 6.01. The maximum Gasteiger partial charge on any atom is 0.506 e. The Balaban J connectivity index is 1.37. The monoisotopic (exact) mass is 425 g/mol. The first-order chi connectivity index (χ1) is 14.7. The topological polar surface area (TPSA) is 59.0 Å². The summed E-state index contributed by atoms with van der Waals surface area (Å²) in [6, 6.07) is 10.9. The number of benzene rings is 2. The second-order valence-electron chi connectivity index (χ2n) is 10.5. The summed E-state index contributed by atoms with van der Waals surface area (Å²) >= 11 is 0. The molecular weight excluding hydrogens is 390 g/mol. The molecule has 2 fully saturated rings. The molecule has 0 aromatic heterocycles. The van der Waals surface area contributed by atoms with E-state index in [4.69, 9.17) is 14.6 Å². The second kappa shape index (κ2) is 8.70. The standard InChI is InChI=1S/C26H35NO4/c1-17-11-22(30-21-9-7-20(8-10-21)26(2,3)4)13-19-6-5-18(12-24(17)19)14-27-15-23(16-27)31-25(28)29/h5-6,11-13,20-21,23H,7-10,14-16H2,1-4H3,(H,28,29).